The van der Waals surface area contributed by atoms with Crippen molar-refractivity contribution in [3.05, 3.63) is 146 Å². The lowest BCUT2D eigenvalue weighted by Gasteiger charge is -2.18. The number of hydrogen-bond acceptors (Lipinski definition) is 6. The van der Waals surface area contributed by atoms with Gasteiger partial charge in [-0.1, -0.05) is 205 Å². The second-order valence-corrected chi connectivity index (χ2v) is 15.4. The first-order valence-electron chi connectivity index (χ1n) is 24.4. The van der Waals surface area contributed by atoms with Crippen LogP contribution in [0.5, 0.6) is 0 Å². The SMILES string of the molecule is CC/C=C/C=C/C=C/C=C/C=C/CCCC(=O)OC(COC(=O)CC/C=C/C/C=C/C/C=C/C/C=C/C/C=C/C/C=C/CC)COC(=O)CCCCC/C=C/CCCCCCCC. The van der Waals surface area contributed by atoms with Crippen LogP contribution >= 0.6 is 0 Å². The van der Waals surface area contributed by atoms with Crippen LogP contribution in [0.4, 0.5) is 0 Å². The summed E-state index contributed by atoms with van der Waals surface area (Å²) in [5, 5.41) is 0. The summed E-state index contributed by atoms with van der Waals surface area (Å²) < 4.78 is 16.6. The standard InChI is InChI=1S/C57H86O6/c1-4-7-10-13-16-19-22-25-26-27-28-29-30-33-35-38-41-44-47-50-56(59)62-53-54(63-57(60)51-48-45-42-39-36-32-24-21-18-15-12-9-6-3)52-61-55(58)49-46-43-40-37-34-31-23-20-17-14-11-8-5-2/h7,9-10,12,15-16,18-19,21,24-26,28-29,31-36,39,41-42,44,54H,4-6,8,11,13-14,17,20,22-23,27,30,37-38,40,43,45-53H2,1-3H3/b10-7+,12-9+,18-15+,19-16+,24-21+,26-25+,29-28+,34-31+,35-33+,36-32+,42-39+,44-41+. The van der Waals surface area contributed by atoms with E-state index in [0.29, 0.717) is 25.7 Å². The molecule has 0 aromatic heterocycles. The third-order valence-corrected chi connectivity index (χ3v) is 9.45. The summed E-state index contributed by atoms with van der Waals surface area (Å²) in [6.45, 7) is 6.19. The Morgan fingerprint density at radius 1 is 0.349 bits per heavy atom. The molecule has 6 heteroatoms. The Morgan fingerprint density at radius 2 is 0.746 bits per heavy atom. The van der Waals surface area contributed by atoms with Crippen LogP contribution in [-0.4, -0.2) is 37.2 Å². The number of carbonyl (C=O) groups is 3. The summed E-state index contributed by atoms with van der Waals surface area (Å²) in [5.41, 5.74) is 0. The molecule has 0 aromatic rings. The molecule has 1 atom stereocenters. The van der Waals surface area contributed by atoms with Crippen molar-refractivity contribution in [3.8, 4) is 0 Å². The molecule has 0 rings (SSSR count). The maximum absolute atomic E-state index is 12.7. The van der Waals surface area contributed by atoms with Crippen LogP contribution in [0.25, 0.3) is 0 Å². The molecule has 0 spiro atoms. The van der Waals surface area contributed by atoms with E-state index in [-0.39, 0.29) is 38.0 Å². The van der Waals surface area contributed by atoms with Crippen LogP contribution < -0.4 is 0 Å². The van der Waals surface area contributed by atoms with Crippen LogP contribution in [-0.2, 0) is 28.6 Å². The van der Waals surface area contributed by atoms with Gasteiger partial charge in [0.05, 0.1) is 0 Å². The van der Waals surface area contributed by atoms with E-state index in [4.69, 9.17) is 14.2 Å². The van der Waals surface area contributed by atoms with Crippen molar-refractivity contribution >= 4 is 17.9 Å². The van der Waals surface area contributed by atoms with Gasteiger partial charge in [-0.15, -0.1) is 0 Å². The summed E-state index contributed by atoms with van der Waals surface area (Å²) in [4.78, 5) is 37.8. The van der Waals surface area contributed by atoms with Crippen molar-refractivity contribution in [3.63, 3.8) is 0 Å². The monoisotopic (exact) mass is 867 g/mol. The predicted octanol–water partition coefficient (Wildman–Crippen LogP) is 16.1. The van der Waals surface area contributed by atoms with Crippen molar-refractivity contribution in [2.75, 3.05) is 13.2 Å². The molecule has 0 fully saturated rings. The highest BCUT2D eigenvalue weighted by Gasteiger charge is 2.19. The highest BCUT2D eigenvalue weighted by atomic mass is 16.6. The van der Waals surface area contributed by atoms with Gasteiger partial charge in [0.25, 0.3) is 0 Å². The number of allylic oxidation sites excluding steroid dienone is 24. The van der Waals surface area contributed by atoms with E-state index in [1.165, 1.54) is 38.5 Å². The minimum absolute atomic E-state index is 0.144. The topological polar surface area (TPSA) is 78.9 Å². The van der Waals surface area contributed by atoms with Gasteiger partial charge in [-0.05, 0) is 96.3 Å². The van der Waals surface area contributed by atoms with Crippen molar-refractivity contribution in [1.82, 2.24) is 0 Å². The van der Waals surface area contributed by atoms with Gasteiger partial charge in [0.1, 0.15) is 13.2 Å². The molecule has 0 heterocycles. The largest absolute Gasteiger partial charge is 0.462 e. The third kappa shape index (κ3) is 48.2. The molecule has 0 saturated carbocycles. The van der Waals surface area contributed by atoms with Gasteiger partial charge in [0.15, 0.2) is 6.10 Å². The fraction of sp³-hybridized carbons (Fsp3) is 0.526. The van der Waals surface area contributed by atoms with Crippen LogP contribution in [0.15, 0.2) is 146 Å². The molecule has 350 valence electrons. The molecule has 63 heavy (non-hydrogen) atoms. The van der Waals surface area contributed by atoms with E-state index in [2.05, 4.69) is 99.8 Å². The lowest BCUT2D eigenvalue weighted by atomic mass is 10.1. The molecular weight excluding hydrogens is 781 g/mol. The third-order valence-electron chi connectivity index (χ3n) is 9.45. The van der Waals surface area contributed by atoms with Crippen molar-refractivity contribution < 1.29 is 28.6 Å². The average Bonchev–Trinajstić information content (AvgIpc) is 3.28. The Kier molecular flexibility index (Phi) is 46.2. The molecule has 0 aliphatic heterocycles. The highest BCUT2D eigenvalue weighted by Crippen LogP contribution is 2.10. The van der Waals surface area contributed by atoms with Gasteiger partial charge >= 0.3 is 17.9 Å². The number of unbranched alkanes of at least 4 members (excludes halogenated alkanes) is 10. The smallest absolute Gasteiger partial charge is 0.306 e. The Bertz CT molecular complexity index is 1460. The minimum Gasteiger partial charge on any atom is -0.462 e. The zero-order valence-electron chi connectivity index (χ0n) is 39.8. The number of ether oxygens (including phenoxy) is 3. The second kappa shape index (κ2) is 49.9. The fourth-order valence-electron chi connectivity index (χ4n) is 5.84. The van der Waals surface area contributed by atoms with Gasteiger partial charge in [-0.2, -0.15) is 0 Å². The maximum atomic E-state index is 12.7. The van der Waals surface area contributed by atoms with Crippen molar-refractivity contribution in [1.29, 1.82) is 0 Å². The van der Waals surface area contributed by atoms with Gasteiger partial charge in [0, 0.05) is 19.3 Å². The molecule has 0 amide bonds. The number of carbonyl (C=O) groups excluding carboxylic acids is 3. The Labute approximate surface area is 385 Å². The predicted molar refractivity (Wildman–Crippen MR) is 269 cm³/mol. The minimum atomic E-state index is -0.857. The second-order valence-electron chi connectivity index (χ2n) is 15.4. The van der Waals surface area contributed by atoms with Gasteiger partial charge in [0.2, 0.25) is 0 Å². The summed E-state index contributed by atoms with van der Waals surface area (Å²) >= 11 is 0. The zero-order chi connectivity index (χ0) is 45.8. The summed E-state index contributed by atoms with van der Waals surface area (Å²) in [5.74, 6) is -1.14. The Balaban J connectivity index is 4.64. The first-order valence-corrected chi connectivity index (χ1v) is 24.4. The van der Waals surface area contributed by atoms with E-state index >= 15 is 0 Å². The molecule has 0 bridgehead atoms. The van der Waals surface area contributed by atoms with Crippen LogP contribution in [0.3, 0.4) is 0 Å². The normalized spacial score (nSPS) is 13.4. The van der Waals surface area contributed by atoms with Gasteiger partial charge < -0.3 is 14.2 Å². The van der Waals surface area contributed by atoms with Crippen LogP contribution in [0.2, 0.25) is 0 Å². The Morgan fingerprint density at radius 3 is 1.29 bits per heavy atom. The molecule has 0 radical (unpaired) electrons. The van der Waals surface area contributed by atoms with E-state index in [1.54, 1.807) is 0 Å². The molecule has 1 unspecified atom stereocenters. The van der Waals surface area contributed by atoms with E-state index in [0.717, 1.165) is 77.0 Å². The van der Waals surface area contributed by atoms with Crippen LogP contribution in [0, 0.1) is 0 Å². The molecule has 0 aliphatic rings. The molecule has 0 aromatic carbocycles. The fourth-order valence-corrected chi connectivity index (χ4v) is 5.84. The number of esters is 3. The van der Waals surface area contributed by atoms with Gasteiger partial charge in [-0.25, -0.2) is 0 Å². The quantitative estimate of drug-likeness (QED) is 0.0200. The van der Waals surface area contributed by atoms with E-state index in [9.17, 15) is 14.4 Å². The molecule has 0 aliphatic carbocycles. The lowest BCUT2D eigenvalue weighted by Crippen LogP contribution is -2.30. The zero-order valence-corrected chi connectivity index (χ0v) is 39.8. The number of rotatable bonds is 41. The first-order chi connectivity index (χ1) is 31.0. The maximum Gasteiger partial charge on any atom is 0.306 e. The first kappa shape index (κ1) is 58.3. The molecule has 0 saturated heterocycles. The Hall–Kier alpha value is -4.71. The highest BCUT2D eigenvalue weighted by molar-refractivity contribution is 5.71. The van der Waals surface area contributed by atoms with Gasteiger partial charge in [-0.3, -0.25) is 14.4 Å². The summed E-state index contributed by atoms with van der Waals surface area (Å²) in [6.07, 6.45) is 71.4. The summed E-state index contributed by atoms with van der Waals surface area (Å²) in [6, 6.07) is 0. The van der Waals surface area contributed by atoms with Crippen molar-refractivity contribution in [2.45, 2.75) is 181 Å². The lowest BCUT2D eigenvalue weighted by molar-refractivity contribution is -0.166. The molecule has 0 N–H and O–H groups in total. The number of hydrogen-bond donors (Lipinski definition) is 0. The van der Waals surface area contributed by atoms with E-state index in [1.807, 2.05) is 66.8 Å². The molecular formula is C57H86O6. The molecule has 6 nitrogen and oxygen atoms in total. The van der Waals surface area contributed by atoms with Crippen molar-refractivity contribution in [2.24, 2.45) is 0 Å². The summed E-state index contributed by atoms with van der Waals surface area (Å²) in [7, 11) is 0. The average molecular weight is 867 g/mol. The van der Waals surface area contributed by atoms with E-state index < -0.39 is 12.1 Å². The van der Waals surface area contributed by atoms with Crippen LogP contribution in [0.1, 0.15) is 175 Å².